The van der Waals surface area contributed by atoms with Gasteiger partial charge in [0.2, 0.25) is 0 Å². The van der Waals surface area contributed by atoms with Gasteiger partial charge in [-0.15, -0.1) is 10.2 Å². The molecule has 0 saturated carbocycles. The fourth-order valence-corrected chi connectivity index (χ4v) is 1.68. The topological polar surface area (TPSA) is 109 Å². The van der Waals surface area contributed by atoms with Crippen LogP contribution in [0.4, 0.5) is 4.79 Å². The summed E-state index contributed by atoms with van der Waals surface area (Å²) < 4.78 is 1.71. The number of hydrogen-bond donors (Lipinski definition) is 3. The first kappa shape index (κ1) is 14.9. The molecule has 1 aromatic rings. The third-order valence-corrected chi connectivity index (χ3v) is 2.73. The molecule has 0 spiro atoms. The second-order valence-corrected chi connectivity index (χ2v) is 4.34. The van der Waals surface area contributed by atoms with Gasteiger partial charge in [0.1, 0.15) is 6.33 Å². The summed E-state index contributed by atoms with van der Waals surface area (Å²) in [5, 5.41) is 21.6. The number of carbonyl (C=O) groups is 2. The highest BCUT2D eigenvalue weighted by Gasteiger charge is 2.17. The Kier molecular flexibility index (Phi) is 5.28. The summed E-state index contributed by atoms with van der Waals surface area (Å²) >= 11 is 0. The van der Waals surface area contributed by atoms with Crippen LogP contribution in [0, 0.1) is 0 Å². The van der Waals surface area contributed by atoms with Gasteiger partial charge in [-0.25, -0.2) is 4.79 Å². The fourth-order valence-electron chi connectivity index (χ4n) is 1.68. The van der Waals surface area contributed by atoms with Crippen molar-refractivity contribution in [1.29, 1.82) is 0 Å². The molecule has 0 radical (unpaired) electrons. The predicted molar refractivity (Wildman–Crippen MR) is 67.4 cm³/mol. The van der Waals surface area contributed by atoms with Crippen molar-refractivity contribution in [3.63, 3.8) is 0 Å². The molecule has 106 valence electrons. The average molecular weight is 269 g/mol. The van der Waals surface area contributed by atoms with Crippen LogP contribution >= 0.6 is 0 Å². The van der Waals surface area contributed by atoms with Crippen LogP contribution in [0.1, 0.15) is 38.6 Å². The highest BCUT2D eigenvalue weighted by molar-refractivity contribution is 5.76. The summed E-state index contributed by atoms with van der Waals surface area (Å²) in [7, 11) is 1.78. The van der Waals surface area contributed by atoms with Crippen LogP contribution in [0.5, 0.6) is 0 Å². The number of nitrogens with one attached hydrogen (secondary N) is 2. The van der Waals surface area contributed by atoms with E-state index in [1.165, 1.54) is 0 Å². The quantitative estimate of drug-likeness (QED) is 0.693. The zero-order valence-electron chi connectivity index (χ0n) is 11.3. The van der Waals surface area contributed by atoms with Gasteiger partial charge in [-0.1, -0.05) is 6.92 Å². The fraction of sp³-hybridized carbons (Fsp3) is 0.636. The van der Waals surface area contributed by atoms with Gasteiger partial charge in [0, 0.05) is 13.1 Å². The van der Waals surface area contributed by atoms with E-state index in [1.54, 1.807) is 24.9 Å². The molecule has 8 nitrogen and oxygen atoms in total. The maximum Gasteiger partial charge on any atom is 0.315 e. The highest BCUT2D eigenvalue weighted by Crippen LogP contribution is 2.07. The summed E-state index contributed by atoms with van der Waals surface area (Å²) in [6.07, 6.45) is 2.00. The molecule has 0 aliphatic heterocycles. The van der Waals surface area contributed by atoms with E-state index in [-0.39, 0.29) is 18.5 Å². The number of nitrogens with zero attached hydrogens (tertiary/aromatic N) is 3. The Hall–Kier alpha value is -2.12. The minimum atomic E-state index is -0.937. The number of aryl methyl sites for hydroxylation is 1. The van der Waals surface area contributed by atoms with E-state index in [4.69, 9.17) is 5.11 Å². The van der Waals surface area contributed by atoms with Gasteiger partial charge in [-0.05, 0) is 13.3 Å². The van der Waals surface area contributed by atoms with Crippen molar-refractivity contribution >= 4 is 12.0 Å². The Balaban J connectivity index is 2.50. The first-order valence-electron chi connectivity index (χ1n) is 6.06. The zero-order valence-corrected chi connectivity index (χ0v) is 11.3. The van der Waals surface area contributed by atoms with Crippen LogP contribution in [-0.2, 0) is 11.8 Å². The van der Waals surface area contributed by atoms with Gasteiger partial charge in [-0.2, -0.15) is 0 Å². The average Bonchev–Trinajstić information content (AvgIpc) is 2.73. The lowest BCUT2D eigenvalue weighted by Gasteiger charge is -2.18. The molecule has 1 rings (SSSR count). The monoisotopic (exact) mass is 269 g/mol. The number of carboxylic acid groups (broad SMARTS) is 1. The van der Waals surface area contributed by atoms with Crippen LogP contribution in [0.2, 0.25) is 0 Å². The van der Waals surface area contributed by atoms with Gasteiger partial charge in [0.05, 0.1) is 12.5 Å². The smallest absolute Gasteiger partial charge is 0.315 e. The van der Waals surface area contributed by atoms with Gasteiger partial charge in [0.25, 0.3) is 0 Å². The summed E-state index contributed by atoms with van der Waals surface area (Å²) in [6.45, 7) is 3.60. The molecule has 0 aliphatic carbocycles. The van der Waals surface area contributed by atoms with E-state index in [9.17, 15) is 9.59 Å². The number of carbonyl (C=O) groups excluding carboxylic acids is 1. The first-order valence-corrected chi connectivity index (χ1v) is 6.06. The van der Waals surface area contributed by atoms with Crippen molar-refractivity contribution in [3.8, 4) is 0 Å². The lowest BCUT2D eigenvalue weighted by atomic mass is 10.1. The summed E-state index contributed by atoms with van der Waals surface area (Å²) in [5.41, 5.74) is 0. The van der Waals surface area contributed by atoms with Crippen LogP contribution in [0.15, 0.2) is 6.33 Å². The Morgan fingerprint density at radius 2 is 2.16 bits per heavy atom. The molecule has 8 heteroatoms. The summed E-state index contributed by atoms with van der Waals surface area (Å²) in [6, 6.07) is -1.11. The first-order chi connectivity index (χ1) is 8.93. The summed E-state index contributed by atoms with van der Waals surface area (Å²) in [4.78, 5) is 22.3. The second-order valence-electron chi connectivity index (χ2n) is 4.34. The van der Waals surface area contributed by atoms with E-state index in [1.807, 2.05) is 6.92 Å². The third-order valence-electron chi connectivity index (χ3n) is 2.73. The molecule has 0 aromatic carbocycles. The zero-order chi connectivity index (χ0) is 14.4. The predicted octanol–water partition coefficient (Wildman–Crippen LogP) is 0.429. The van der Waals surface area contributed by atoms with E-state index >= 15 is 0 Å². The summed E-state index contributed by atoms with van der Waals surface area (Å²) in [5.74, 6) is -0.310. The van der Waals surface area contributed by atoms with Crippen LogP contribution in [0.3, 0.4) is 0 Å². The largest absolute Gasteiger partial charge is 0.481 e. The Labute approximate surface area is 111 Å². The van der Waals surface area contributed by atoms with E-state index in [0.29, 0.717) is 12.2 Å². The molecule has 19 heavy (non-hydrogen) atoms. The van der Waals surface area contributed by atoms with Crippen LogP contribution in [0.25, 0.3) is 0 Å². The van der Waals surface area contributed by atoms with Crippen molar-refractivity contribution < 1.29 is 14.7 Å². The van der Waals surface area contributed by atoms with Crippen molar-refractivity contribution in [3.05, 3.63) is 12.2 Å². The normalized spacial score (nSPS) is 13.6. The lowest BCUT2D eigenvalue weighted by molar-refractivity contribution is -0.137. The SMILES string of the molecule is CCC(CC(=O)O)NC(=O)NC(C)c1nncn1C. The van der Waals surface area contributed by atoms with Crippen molar-refractivity contribution in [2.75, 3.05) is 0 Å². The molecule has 0 saturated heterocycles. The number of aromatic nitrogens is 3. The molecule has 2 amide bonds. The molecule has 1 aromatic heterocycles. The molecule has 3 N–H and O–H groups in total. The molecular weight excluding hydrogens is 250 g/mol. The van der Waals surface area contributed by atoms with Crippen LogP contribution in [-0.4, -0.2) is 37.9 Å². The van der Waals surface area contributed by atoms with Crippen molar-refractivity contribution in [2.45, 2.75) is 38.8 Å². The van der Waals surface area contributed by atoms with Crippen LogP contribution < -0.4 is 10.6 Å². The minimum Gasteiger partial charge on any atom is -0.481 e. The molecule has 0 bridgehead atoms. The lowest BCUT2D eigenvalue weighted by Crippen LogP contribution is -2.44. The van der Waals surface area contributed by atoms with Crippen molar-refractivity contribution in [2.24, 2.45) is 7.05 Å². The number of carboxylic acids is 1. The number of rotatable bonds is 6. The molecule has 0 aliphatic rings. The number of urea groups is 1. The number of hydrogen-bond acceptors (Lipinski definition) is 4. The third kappa shape index (κ3) is 4.57. The van der Waals surface area contributed by atoms with Gasteiger partial charge in [0.15, 0.2) is 5.82 Å². The highest BCUT2D eigenvalue weighted by atomic mass is 16.4. The van der Waals surface area contributed by atoms with Gasteiger partial charge in [-0.3, -0.25) is 4.79 Å². The van der Waals surface area contributed by atoms with E-state index < -0.39 is 12.0 Å². The number of amides is 2. The minimum absolute atomic E-state index is 0.0950. The Bertz CT molecular complexity index is 445. The Morgan fingerprint density at radius 3 is 2.63 bits per heavy atom. The standard InChI is InChI=1S/C11H19N5O3/c1-4-8(5-9(17)18)14-11(19)13-7(2)10-15-12-6-16(10)3/h6-8H,4-5H2,1-3H3,(H,17,18)(H2,13,14,19). The Morgan fingerprint density at radius 1 is 1.47 bits per heavy atom. The molecule has 2 unspecified atom stereocenters. The molecule has 2 atom stereocenters. The van der Waals surface area contributed by atoms with Gasteiger partial charge >= 0.3 is 12.0 Å². The van der Waals surface area contributed by atoms with Gasteiger partial charge < -0.3 is 20.3 Å². The second kappa shape index (κ2) is 6.72. The number of aliphatic carboxylic acids is 1. The van der Waals surface area contributed by atoms with E-state index in [2.05, 4.69) is 20.8 Å². The molecular formula is C11H19N5O3. The molecule has 0 fully saturated rings. The maximum absolute atomic E-state index is 11.7. The van der Waals surface area contributed by atoms with E-state index in [0.717, 1.165) is 0 Å². The maximum atomic E-state index is 11.7. The molecule has 1 heterocycles. The van der Waals surface area contributed by atoms with Crippen molar-refractivity contribution in [1.82, 2.24) is 25.4 Å².